The van der Waals surface area contributed by atoms with Crippen LogP contribution in [-0.4, -0.2) is 73.8 Å². The van der Waals surface area contributed by atoms with Gasteiger partial charge in [-0.2, -0.15) is 0 Å². The summed E-state index contributed by atoms with van der Waals surface area (Å²) in [5, 5.41) is 0. The number of piperazine rings is 1. The Kier molecular flexibility index (Phi) is 7.96. The van der Waals surface area contributed by atoms with Gasteiger partial charge in [0.05, 0.1) is 13.2 Å². The fraction of sp³-hybridized carbons (Fsp3) is 0.652. The zero-order valence-corrected chi connectivity index (χ0v) is 18.5. The molecular formula is C23H35N3O4. The zero-order chi connectivity index (χ0) is 21.5. The van der Waals surface area contributed by atoms with Crippen LogP contribution in [0.5, 0.6) is 5.75 Å². The van der Waals surface area contributed by atoms with Gasteiger partial charge in [0.1, 0.15) is 12.3 Å². The molecule has 2 aliphatic heterocycles. The lowest BCUT2D eigenvalue weighted by Gasteiger charge is -2.33. The summed E-state index contributed by atoms with van der Waals surface area (Å²) in [6.45, 7) is 10.6. The average Bonchev–Trinajstić information content (AvgIpc) is 3.14. The van der Waals surface area contributed by atoms with Crippen molar-refractivity contribution in [2.24, 2.45) is 5.92 Å². The number of amides is 2. The molecule has 7 nitrogen and oxygen atoms in total. The maximum atomic E-state index is 12.5. The lowest BCUT2D eigenvalue weighted by atomic mass is 10.2. The number of nitrogens with zero attached hydrogens (tertiary/aromatic N) is 3. The van der Waals surface area contributed by atoms with E-state index in [-0.39, 0.29) is 18.4 Å². The monoisotopic (exact) mass is 417 g/mol. The molecule has 2 amide bonds. The molecule has 3 rings (SSSR count). The van der Waals surface area contributed by atoms with E-state index >= 15 is 0 Å². The second-order valence-corrected chi connectivity index (χ2v) is 8.66. The van der Waals surface area contributed by atoms with Crippen LogP contribution in [0.4, 0.5) is 10.5 Å². The van der Waals surface area contributed by atoms with E-state index in [9.17, 15) is 9.59 Å². The van der Waals surface area contributed by atoms with Crippen LogP contribution in [-0.2, 0) is 9.53 Å². The van der Waals surface area contributed by atoms with Crippen LogP contribution >= 0.6 is 0 Å². The van der Waals surface area contributed by atoms with Crippen molar-refractivity contribution in [3.63, 3.8) is 0 Å². The predicted molar refractivity (Wildman–Crippen MR) is 117 cm³/mol. The average molecular weight is 418 g/mol. The minimum absolute atomic E-state index is 0.0457. The first-order valence-corrected chi connectivity index (χ1v) is 11.1. The number of ether oxygens (including phenoxy) is 2. The minimum atomic E-state index is -0.413. The van der Waals surface area contributed by atoms with Crippen molar-refractivity contribution in [3.8, 4) is 5.75 Å². The molecule has 0 saturated carbocycles. The second kappa shape index (κ2) is 10.7. The Labute approximate surface area is 179 Å². The SMILES string of the molecule is CC(C)COC(=O)N1CCN(c2ccc(OCCCN3CCC[C@@H]3C)cc2)C(=O)C1. The van der Waals surface area contributed by atoms with E-state index in [4.69, 9.17) is 9.47 Å². The van der Waals surface area contributed by atoms with Crippen LogP contribution in [0.15, 0.2) is 24.3 Å². The van der Waals surface area contributed by atoms with E-state index in [1.807, 2.05) is 38.1 Å². The zero-order valence-electron chi connectivity index (χ0n) is 18.5. The third-order valence-electron chi connectivity index (χ3n) is 5.72. The van der Waals surface area contributed by atoms with Gasteiger partial charge in [-0.05, 0) is 62.9 Å². The molecule has 0 unspecified atom stereocenters. The summed E-state index contributed by atoms with van der Waals surface area (Å²) in [5.74, 6) is 0.989. The number of carbonyl (C=O) groups excluding carboxylic acids is 2. The van der Waals surface area contributed by atoms with Gasteiger partial charge in [-0.3, -0.25) is 9.69 Å². The standard InChI is InChI=1S/C23H35N3O4/c1-18(2)17-30-23(28)25-13-14-26(22(27)16-25)20-7-9-21(10-8-20)29-15-5-12-24-11-4-6-19(24)3/h7-10,18-19H,4-6,11-17H2,1-3H3/t19-/m0/s1. The third-order valence-corrected chi connectivity index (χ3v) is 5.72. The molecule has 2 fully saturated rings. The van der Waals surface area contributed by atoms with E-state index in [1.165, 1.54) is 24.3 Å². The molecule has 1 aromatic carbocycles. The molecule has 0 bridgehead atoms. The number of hydrogen-bond donors (Lipinski definition) is 0. The minimum Gasteiger partial charge on any atom is -0.494 e. The summed E-state index contributed by atoms with van der Waals surface area (Å²) in [7, 11) is 0. The number of carbonyl (C=O) groups is 2. The van der Waals surface area contributed by atoms with Gasteiger partial charge in [-0.15, -0.1) is 0 Å². The van der Waals surface area contributed by atoms with Crippen molar-refractivity contribution >= 4 is 17.7 Å². The molecule has 2 heterocycles. The molecule has 1 atom stereocenters. The summed E-state index contributed by atoms with van der Waals surface area (Å²) < 4.78 is 11.1. The number of hydrogen-bond acceptors (Lipinski definition) is 5. The van der Waals surface area contributed by atoms with Gasteiger partial charge in [0, 0.05) is 31.4 Å². The molecule has 0 spiro atoms. The van der Waals surface area contributed by atoms with Gasteiger partial charge in [-0.25, -0.2) is 4.79 Å². The van der Waals surface area contributed by atoms with Crippen molar-refractivity contribution in [3.05, 3.63) is 24.3 Å². The van der Waals surface area contributed by atoms with Gasteiger partial charge in [0.15, 0.2) is 0 Å². The van der Waals surface area contributed by atoms with Gasteiger partial charge in [-0.1, -0.05) is 13.8 Å². The van der Waals surface area contributed by atoms with Crippen molar-refractivity contribution in [1.82, 2.24) is 9.80 Å². The Hall–Kier alpha value is -2.28. The van der Waals surface area contributed by atoms with Gasteiger partial charge >= 0.3 is 6.09 Å². The number of benzene rings is 1. The third kappa shape index (κ3) is 6.11. The summed E-state index contributed by atoms with van der Waals surface area (Å²) >= 11 is 0. The lowest BCUT2D eigenvalue weighted by Crippen LogP contribution is -2.52. The summed E-state index contributed by atoms with van der Waals surface area (Å²) in [6.07, 6.45) is 3.20. The van der Waals surface area contributed by atoms with Crippen LogP contribution in [0.2, 0.25) is 0 Å². The second-order valence-electron chi connectivity index (χ2n) is 8.66. The van der Waals surface area contributed by atoms with Crippen LogP contribution in [0.25, 0.3) is 0 Å². The molecule has 1 aromatic rings. The van der Waals surface area contributed by atoms with Crippen LogP contribution in [0.1, 0.15) is 40.0 Å². The van der Waals surface area contributed by atoms with Crippen LogP contribution in [0.3, 0.4) is 0 Å². The van der Waals surface area contributed by atoms with E-state index in [0.29, 0.717) is 32.3 Å². The number of likely N-dealkylation sites (tertiary alicyclic amines) is 1. The smallest absolute Gasteiger partial charge is 0.410 e. The first kappa shape index (κ1) is 22.4. The van der Waals surface area contributed by atoms with Crippen molar-refractivity contribution in [1.29, 1.82) is 0 Å². The Morgan fingerprint density at radius 1 is 1.17 bits per heavy atom. The Balaban J connectivity index is 1.42. The first-order chi connectivity index (χ1) is 14.4. The molecule has 7 heteroatoms. The first-order valence-electron chi connectivity index (χ1n) is 11.1. The summed E-state index contributed by atoms with van der Waals surface area (Å²) in [6, 6.07) is 8.32. The van der Waals surface area contributed by atoms with Gasteiger partial charge < -0.3 is 19.3 Å². The molecule has 2 saturated heterocycles. The quantitative estimate of drug-likeness (QED) is 0.607. The van der Waals surface area contributed by atoms with Crippen molar-refractivity contribution < 1.29 is 19.1 Å². The van der Waals surface area contributed by atoms with Gasteiger partial charge in [0.2, 0.25) is 5.91 Å². The highest BCUT2D eigenvalue weighted by atomic mass is 16.6. The Morgan fingerprint density at radius 3 is 2.57 bits per heavy atom. The maximum Gasteiger partial charge on any atom is 0.410 e. The largest absolute Gasteiger partial charge is 0.494 e. The summed E-state index contributed by atoms with van der Waals surface area (Å²) in [4.78, 5) is 30.3. The normalized spacial score (nSPS) is 20.1. The fourth-order valence-electron chi connectivity index (χ4n) is 3.94. The Morgan fingerprint density at radius 2 is 1.93 bits per heavy atom. The highest BCUT2D eigenvalue weighted by molar-refractivity contribution is 5.97. The van der Waals surface area contributed by atoms with Crippen LogP contribution in [0, 0.1) is 5.92 Å². The molecule has 166 valence electrons. The van der Waals surface area contributed by atoms with E-state index in [2.05, 4.69) is 11.8 Å². The predicted octanol–water partition coefficient (Wildman–Crippen LogP) is 3.38. The van der Waals surface area contributed by atoms with E-state index < -0.39 is 6.09 Å². The van der Waals surface area contributed by atoms with Gasteiger partial charge in [0.25, 0.3) is 0 Å². The molecule has 0 N–H and O–H groups in total. The fourth-order valence-corrected chi connectivity index (χ4v) is 3.94. The van der Waals surface area contributed by atoms with Crippen LogP contribution < -0.4 is 9.64 Å². The highest BCUT2D eigenvalue weighted by Gasteiger charge is 2.29. The summed E-state index contributed by atoms with van der Waals surface area (Å²) in [5.41, 5.74) is 0.827. The lowest BCUT2D eigenvalue weighted by molar-refractivity contribution is -0.120. The molecule has 2 aliphatic rings. The Bertz CT molecular complexity index is 707. The van der Waals surface area contributed by atoms with Crippen molar-refractivity contribution in [2.45, 2.75) is 46.1 Å². The molecule has 0 aliphatic carbocycles. The molecular weight excluding hydrogens is 382 g/mol. The van der Waals surface area contributed by atoms with E-state index in [0.717, 1.165) is 24.4 Å². The molecule has 0 radical (unpaired) electrons. The number of rotatable bonds is 8. The van der Waals surface area contributed by atoms with Crippen molar-refractivity contribution in [2.75, 3.05) is 50.8 Å². The highest BCUT2D eigenvalue weighted by Crippen LogP contribution is 2.22. The molecule has 30 heavy (non-hydrogen) atoms. The maximum absolute atomic E-state index is 12.5. The number of anilines is 1. The topological polar surface area (TPSA) is 62.3 Å². The van der Waals surface area contributed by atoms with E-state index in [1.54, 1.807) is 4.90 Å². The molecule has 0 aromatic heterocycles.